The minimum absolute atomic E-state index is 0.373. The zero-order valence-corrected chi connectivity index (χ0v) is 12.4. The number of hydrogen-bond acceptors (Lipinski definition) is 5. The van der Waals surface area contributed by atoms with Gasteiger partial charge in [-0.05, 0) is 18.6 Å². The van der Waals surface area contributed by atoms with Gasteiger partial charge in [0.25, 0.3) is 5.69 Å². The molecule has 0 heterocycles. The number of halogens is 1. The minimum atomic E-state index is -4.06. The van der Waals surface area contributed by atoms with E-state index in [1.54, 1.807) is 6.92 Å². The third-order valence-electron chi connectivity index (χ3n) is 2.44. The fraction of sp³-hybridized carbons (Fsp3) is 0.400. The number of rotatable bonds is 6. The van der Waals surface area contributed by atoms with Crippen LogP contribution in [-0.4, -0.2) is 31.1 Å². The molecule has 1 aromatic rings. The lowest BCUT2D eigenvalue weighted by Gasteiger charge is -2.14. The van der Waals surface area contributed by atoms with E-state index in [1.807, 2.05) is 0 Å². The summed E-state index contributed by atoms with van der Waals surface area (Å²) >= 11 is 3.07. The van der Waals surface area contributed by atoms with Gasteiger partial charge in [-0.1, -0.05) is 22.9 Å². The molecule has 0 fully saturated rings. The van der Waals surface area contributed by atoms with Crippen molar-refractivity contribution < 1.29 is 18.4 Å². The molecule has 1 atom stereocenters. The van der Waals surface area contributed by atoms with Crippen molar-refractivity contribution in [2.45, 2.75) is 24.3 Å². The number of sulfonamides is 1. The smallest absolute Gasteiger partial charge is 0.289 e. The van der Waals surface area contributed by atoms with Crippen molar-refractivity contribution >= 4 is 31.6 Å². The SMILES string of the molecule is CC[C@@H](CO)NS(=O)(=O)c1cc(Br)ccc1[N+](=O)[O-]. The van der Waals surface area contributed by atoms with E-state index in [9.17, 15) is 18.5 Å². The largest absolute Gasteiger partial charge is 0.395 e. The first kappa shape index (κ1) is 16.0. The third kappa shape index (κ3) is 3.96. The maximum atomic E-state index is 12.1. The summed E-state index contributed by atoms with van der Waals surface area (Å²) in [6.07, 6.45) is 0.373. The van der Waals surface area contributed by atoms with Gasteiger partial charge < -0.3 is 5.11 Å². The van der Waals surface area contributed by atoms with Gasteiger partial charge >= 0.3 is 0 Å². The minimum Gasteiger partial charge on any atom is -0.395 e. The first-order valence-electron chi connectivity index (χ1n) is 5.39. The lowest BCUT2D eigenvalue weighted by Crippen LogP contribution is -2.37. The highest BCUT2D eigenvalue weighted by Gasteiger charge is 2.27. The van der Waals surface area contributed by atoms with Crippen molar-refractivity contribution in [3.8, 4) is 0 Å². The van der Waals surface area contributed by atoms with E-state index in [1.165, 1.54) is 6.07 Å². The Kier molecular flexibility index (Phi) is 5.41. The van der Waals surface area contributed by atoms with Crippen LogP contribution >= 0.6 is 15.9 Å². The van der Waals surface area contributed by atoms with Crippen molar-refractivity contribution in [2.75, 3.05) is 6.61 Å². The van der Waals surface area contributed by atoms with Gasteiger partial charge in [0, 0.05) is 16.6 Å². The van der Waals surface area contributed by atoms with Crippen molar-refractivity contribution in [3.05, 3.63) is 32.8 Å². The topological polar surface area (TPSA) is 110 Å². The predicted molar refractivity (Wildman–Crippen MR) is 72.3 cm³/mol. The number of hydrogen-bond donors (Lipinski definition) is 2. The molecule has 0 saturated carbocycles. The number of nitro groups is 1. The van der Waals surface area contributed by atoms with Crippen LogP contribution in [0.2, 0.25) is 0 Å². The van der Waals surface area contributed by atoms with Gasteiger partial charge in [-0.2, -0.15) is 0 Å². The number of nitrogens with one attached hydrogen (secondary N) is 1. The van der Waals surface area contributed by atoms with Crippen LogP contribution in [0, 0.1) is 10.1 Å². The summed E-state index contributed by atoms with van der Waals surface area (Å²) in [6.45, 7) is 1.32. The Bertz CT molecular complexity index is 571. The van der Waals surface area contributed by atoms with Crippen molar-refractivity contribution in [1.82, 2.24) is 4.72 Å². The molecule has 7 nitrogen and oxygen atoms in total. The number of aliphatic hydroxyl groups excluding tert-OH is 1. The fourth-order valence-electron chi connectivity index (χ4n) is 1.39. The van der Waals surface area contributed by atoms with Crippen LogP contribution < -0.4 is 4.72 Å². The van der Waals surface area contributed by atoms with Crippen LogP contribution in [0.4, 0.5) is 5.69 Å². The second kappa shape index (κ2) is 6.42. The van der Waals surface area contributed by atoms with Gasteiger partial charge in [-0.3, -0.25) is 10.1 Å². The Labute approximate surface area is 119 Å². The normalized spacial score (nSPS) is 13.2. The molecule has 0 aromatic heterocycles. The molecule has 1 rings (SSSR count). The highest BCUT2D eigenvalue weighted by Crippen LogP contribution is 2.27. The van der Waals surface area contributed by atoms with Gasteiger partial charge in [-0.25, -0.2) is 13.1 Å². The lowest BCUT2D eigenvalue weighted by atomic mass is 10.3. The van der Waals surface area contributed by atoms with Crippen LogP contribution in [0.5, 0.6) is 0 Å². The molecule has 1 aromatic carbocycles. The zero-order valence-electron chi connectivity index (χ0n) is 10.0. The first-order valence-corrected chi connectivity index (χ1v) is 7.66. The molecule has 0 amide bonds. The molecule has 0 aliphatic heterocycles. The second-order valence-electron chi connectivity index (χ2n) is 3.78. The van der Waals surface area contributed by atoms with E-state index in [0.717, 1.165) is 12.1 Å². The Morgan fingerprint density at radius 2 is 2.16 bits per heavy atom. The molecule has 19 heavy (non-hydrogen) atoms. The van der Waals surface area contributed by atoms with E-state index in [2.05, 4.69) is 20.7 Å². The monoisotopic (exact) mass is 352 g/mol. The van der Waals surface area contributed by atoms with Gasteiger partial charge in [0.15, 0.2) is 4.90 Å². The first-order chi connectivity index (χ1) is 8.81. The Morgan fingerprint density at radius 1 is 1.53 bits per heavy atom. The molecule has 0 unspecified atom stereocenters. The van der Waals surface area contributed by atoms with Crippen molar-refractivity contribution in [3.63, 3.8) is 0 Å². The summed E-state index contributed by atoms with van der Waals surface area (Å²) in [5.74, 6) is 0. The van der Waals surface area contributed by atoms with Crippen LogP contribution in [0.25, 0.3) is 0 Å². The molecule has 106 valence electrons. The van der Waals surface area contributed by atoms with Gasteiger partial charge in [0.1, 0.15) is 0 Å². The summed E-state index contributed by atoms with van der Waals surface area (Å²) < 4.78 is 26.8. The zero-order chi connectivity index (χ0) is 14.6. The number of nitrogens with zero attached hydrogens (tertiary/aromatic N) is 1. The van der Waals surface area contributed by atoms with Crippen LogP contribution in [0.1, 0.15) is 13.3 Å². The Morgan fingerprint density at radius 3 is 2.63 bits per heavy atom. The van der Waals surface area contributed by atoms with E-state index in [4.69, 9.17) is 5.11 Å². The average molecular weight is 353 g/mol. The number of benzene rings is 1. The van der Waals surface area contributed by atoms with E-state index in [0.29, 0.717) is 10.9 Å². The number of nitro benzene ring substituents is 1. The molecule has 0 bridgehead atoms. The highest BCUT2D eigenvalue weighted by molar-refractivity contribution is 9.10. The average Bonchev–Trinajstić information content (AvgIpc) is 2.35. The van der Waals surface area contributed by atoms with Crippen LogP contribution in [-0.2, 0) is 10.0 Å². The quantitative estimate of drug-likeness (QED) is 0.594. The highest BCUT2D eigenvalue weighted by atomic mass is 79.9. The van der Waals surface area contributed by atoms with Gasteiger partial charge in [-0.15, -0.1) is 0 Å². The van der Waals surface area contributed by atoms with Crippen molar-refractivity contribution in [2.24, 2.45) is 0 Å². The van der Waals surface area contributed by atoms with E-state index < -0.39 is 31.6 Å². The number of aliphatic hydroxyl groups is 1. The van der Waals surface area contributed by atoms with E-state index in [-0.39, 0.29) is 6.61 Å². The second-order valence-corrected chi connectivity index (χ2v) is 6.38. The summed E-state index contributed by atoms with van der Waals surface area (Å²) in [5, 5.41) is 19.9. The molecular formula is C10H13BrN2O5S. The Hall–Kier alpha value is -1.03. The summed E-state index contributed by atoms with van der Waals surface area (Å²) in [4.78, 5) is 9.66. The third-order valence-corrected chi connectivity index (χ3v) is 4.49. The molecule has 2 N–H and O–H groups in total. The maximum Gasteiger partial charge on any atom is 0.289 e. The lowest BCUT2D eigenvalue weighted by molar-refractivity contribution is -0.387. The van der Waals surface area contributed by atoms with Gasteiger partial charge in [0.05, 0.1) is 11.5 Å². The summed E-state index contributed by atoms with van der Waals surface area (Å²) in [5.41, 5.74) is -0.511. The molecule has 0 spiro atoms. The van der Waals surface area contributed by atoms with Gasteiger partial charge in [0.2, 0.25) is 10.0 Å². The standard InChI is InChI=1S/C10H13BrN2O5S/c1-2-8(6-14)12-19(17,18)10-5-7(11)3-4-9(10)13(15)16/h3-5,8,12,14H,2,6H2,1H3/t8-/m0/s1. The van der Waals surface area contributed by atoms with Crippen molar-refractivity contribution in [1.29, 1.82) is 0 Å². The maximum absolute atomic E-state index is 12.1. The molecule has 0 aliphatic rings. The molecular weight excluding hydrogens is 340 g/mol. The van der Waals surface area contributed by atoms with Crippen LogP contribution in [0.15, 0.2) is 27.6 Å². The molecule has 0 aliphatic carbocycles. The Balaban J connectivity index is 3.27. The molecule has 9 heteroatoms. The van der Waals surface area contributed by atoms with E-state index >= 15 is 0 Å². The predicted octanol–water partition coefficient (Wildman–Crippen LogP) is 1.41. The molecule has 0 saturated heterocycles. The fourth-order valence-corrected chi connectivity index (χ4v) is 3.41. The molecule has 0 radical (unpaired) electrons. The van der Waals surface area contributed by atoms with Crippen LogP contribution in [0.3, 0.4) is 0 Å². The summed E-state index contributed by atoms with van der Waals surface area (Å²) in [7, 11) is -4.06. The summed E-state index contributed by atoms with van der Waals surface area (Å²) in [6, 6.07) is 2.98.